The molecule has 0 bridgehead atoms. The molecular weight excluding hydrogens is 346 g/mol. The fourth-order valence-corrected chi connectivity index (χ4v) is 2.93. The van der Waals surface area contributed by atoms with Crippen molar-refractivity contribution in [3.63, 3.8) is 0 Å². The summed E-state index contributed by atoms with van der Waals surface area (Å²) in [5, 5.41) is 7.44. The van der Waals surface area contributed by atoms with Gasteiger partial charge in [-0.2, -0.15) is 0 Å². The summed E-state index contributed by atoms with van der Waals surface area (Å²) in [5.74, 6) is 0.262. The minimum atomic E-state index is -0.281. The molecule has 0 fully saturated rings. The number of carbonyl (C=O) groups is 1. The Morgan fingerprint density at radius 3 is 2.89 bits per heavy atom. The number of nitrogens with zero attached hydrogens (tertiary/aromatic N) is 2. The molecule has 1 N–H and O–H groups in total. The molecule has 0 aliphatic rings. The molecule has 7 nitrogen and oxygen atoms in total. The molecular formula is C20H17N3O4. The number of rotatable bonds is 5. The second-order valence-corrected chi connectivity index (χ2v) is 6.07. The van der Waals surface area contributed by atoms with Crippen molar-refractivity contribution in [1.82, 2.24) is 10.1 Å². The maximum absolute atomic E-state index is 13.0. The van der Waals surface area contributed by atoms with Crippen LogP contribution in [0.3, 0.4) is 0 Å². The smallest absolute Gasteiger partial charge is 0.259 e. The van der Waals surface area contributed by atoms with Crippen molar-refractivity contribution in [2.45, 2.75) is 13.5 Å². The highest BCUT2D eigenvalue weighted by atomic mass is 16.5. The molecule has 0 saturated carbocycles. The highest BCUT2D eigenvalue weighted by Crippen LogP contribution is 2.28. The van der Waals surface area contributed by atoms with Gasteiger partial charge in [0.2, 0.25) is 0 Å². The summed E-state index contributed by atoms with van der Waals surface area (Å²) in [7, 11) is 1.63. The number of pyridine rings is 1. The molecule has 0 spiro atoms. The van der Waals surface area contributed by atoms with Gasteiger partial charge in [-0.3, -0.25) is 4.79 Å². The third-order valence-corrected chi connectivity index (χ3v) is 4.13. The number of benzene rings is 1. The van der Waals surface area contributed by atoms with Crippen molar-refractivity contribution >= 4 is 22.7 Å². The van der Waals surface area contributed by atoms with Crippen molar-refractivity contribution in [2.24, 2.45) is 0 Å². The van der Waals surface area contributed by atoms with E-state index < -0.39 is 0 Å². The van der Waals surface area contributed by atoms with E-state index >= 15 is 0 Å². The number of carbonyl (C=O) groups excluding carboxylic acids is 1. The standard InChI is InChI=1S/C20H17N3O4/c1-12-18-15(19(24)21-14-6-3-5-13(9-14)11-25-2)10-16(17-7-4-8-26-17)22-20(18)27-23-12/h3-10H,11H2,1-2H3,(H,21,24). The van der Waals surface area contributed by atoms with Crippen LogP contribution in [0.5, 0.6) is 0 Å². The van der Waals surface area contributed by atoms with Crippen molar-refractivity contribution in [2.75, 3.05) is 12.4 Å². The van der Waals surface area contributed by atoms with E-state index in [2.05, 4.69) is 15.5 Å². The Bertz CT molecular complexity index is 1100. The Morgan fingerprint density at radius 1 is 1.22 bits per heavy atom. The molecule has 3 heterocycles. The molecule has 0 aliphatic carbocycles. The lowest BCUT2D eigenvalue weighted by molar-refractivity contribution is 0.102. The number of anilines is 1. The van der Waals surface area contributed by atoms with Gasteiger partial charge in [0, 0.05) is 12.8 Å². The van der Waals surface area contributed by atoms with Crippen LogP contribution >= 0.6 is 0 Å². The maximum atomic E-state index is 13.0. The Morgan fingerprint density at radius 2 is 2.11 bits per heavy atom. The number of aryl methyl sites for hydroxylation is 1. The number of ether oxygens (including phenoxy) is 1. The monoisotopic (exact) mass is 363 g/mol. The average Bonchev–Trinajstić information content (AvgIpc) is 3.32. The largest absolute Gasteiger partial charge is 0.463 e. The predicted octanol–water partition coefficient (Wildman–Crippen LogP) is 4.19. The fraction of sp³-hybridized carbons (Fsp3) is 0.150. The zero-order valence-electron chi connectivity index (χ0n) is 14.9. The lowest BCUT2D eigenvalue weighted by Crippen LogP contribution is -2.13. The van der Waals surface area contributed by atoms with Gasteiger partial charge in [0.25, 0.3) is 11.6 Å². The number of hydrogen-bond donors (Lipinski definition) is 1. The highest BCUT2D eigenvalue weighted by Gasteiger charge is 2.20. The van der Waals surface area contributed by atoms with E-state index in [9.17, 15) is 4.79 Å². The van der Waals surface area contributed by atoms with Crippen molar-refractivity contribution in [3.05, 3.63) is 65.5 Å². The highest BCUT2D eigenvalue weighted by molar-refractivity contribution is 6.12. The molecule has 4 rings (SSSR count). The average molecular weight is 363 g/mol. The lowest BCUT2D eigenvalue weighted by Gasteiger charge is -2.09. The number of fused-ring (bicyclic) bond motifs is 1. The molecule has 1 amide bonds. The molecule has 0 unspecified atom stereocenters. The number of methoxy groups -OCH3 is 1. The van der Waals surface area contributed by atoms with Crippen molar-refractivity contribution in [3.8, 4) is 11.5 Å². The summed E-state index contributed by atoms with van der Waals surface area (Å²) in [6.45, 7) is 2.24. The van der Waals surface area contributed by atoms with Gasteiger partial charge in [-0.05, 0) is 42.8 Å². The SMILES string of the molecule is COCc1cccc(NC(=O)c2cc(-c3ccco3)nc3onc(C)c23)c1. The van der Waals surface area contributed by atoms with E-state index in [1.807, 2.05) is 24.3 Å². The first-order valence-corrected chi connectivity index (χ1v) is 8.36. The zero-order valence-corrected chi connectivity index (χ0v) is 14.9. The summed E-state index contributed by atoms with van der Waals surface area (Å²) < 4.78 is 15.8. The van der Waals surface area contributed by atoms with E-state index in [1.54, 1.807) is 38.5 Å². The van der Waals surface area contributed by atoms with Crippen LogP contribution in [0.25, 0.3) is 22.6 Å². The third-order valence-electron chi connectivity index (χ3n) is 4.13. The summed E-state index contributed by atoms with van der Waals surface area (Å²) in [6.07, 6.45) is 1.55. The second-order valence-electron chi connectivity index (χ2n) is 6.07. The molecule has 0 atom stereocenters. The molecule has 3 aromatic heterocycles. The summed E-state index contributed by atoms with van der Waals surface area (Å²) >= 11 is 0. The van der Waals surface area contributed by atoms with Crippen LogP contribution in [0.4, 0.5) is 5.69 Å². The Balaban J connectivity index is 1.74. The van der Waals surface area contributed by atoms with Gasteiger partial charge < -0.3 is 19.0 Å². The van der Waals surface area contributed by atoms with E-state index in [0.717, 1.165) is 5.56 Å². The minimum absolute atomic E-state index is 0.281. The van der Waals surface area contributed by atoms with Crippen LogP contribution < -0.4 is 5.32 Å². The number of hydrogen-bond acceptors (Lipinski definition) is 6. The van der Waals surface area contributed by atoms with Gasteiger partial charge in [-0.15, -0.1) is 0 Å². The molecule has 27 heavy (non-hydrogen) atoms. The molecule has 0 radical (unpaired) electrons. The minimum Gasteiger partial charge on any atom is -0.463 e. The van der Waals surface area contributed by atoms with Gasteiger partial charge in [0.05, 0.1) is 29.5 Å². The molecule has 0 saturated heterocycles. The molecule has 7 heteroatoms. The van der Waals surface area contributed by atoms with Gasteiger partial charge >= 0.3 is 0 Å². The molecule has 4 aromatic rings. The first-order chi connectivity index (χ1) is 13.2. The second kappa shape index (κ2) is 7.05. The van der Waals surface area contributed by atoms with E-state index in [1.165, 1.54) is 0 Å². The lowest BCUT2D eigenvalue weighted by atomic mass is 10.1. The van der Waals surface area contributed by atoms with E-state index in [0.29, 0.717) is 46.1 Å². The number of amides is 1. The van der Waals surface area contributed by atoms with Crippen LogP contribution in [0.15, 0.2) is 57.7 Å². The number of aromatic nitrogens is 2. The summed E-state index contributed by atoms with van der Waals surface area (Å²) in [5.41, 5.74) is 3.45. The topological polar surface area (TPSA) is 90.4 Å². The van der Waals surface area contributed by atoms with Gasteiger partial charge in [0.15, 0.2) is 5.76 Å². The predicted molar refractivity (Wildman–Crippen MR) is 99.4 cm³/mol. The summed E-state index contributed by atoms with van der Waals surface area (Å²) in [4.78, 5) is 17.4. The zero-order chi connectivity index (χ0) is 18.8. The Hall–Kier alpha value is -3.45. The molecule has 136 valence electrons. The van der Waals surface area contributed by atoms with Crippen LogP contribution in [0.1, 0.15) is 21.6 Å². The fourth-order valence-electron chi connectivity index (χ4n) is 2.93. The molecule has 1 aromatic carbocycles. The van der Waals surface area contributed by atoms with Gasteiger partial charge in [-0.25, -0.2) is 4.98 Å². The van der Waals surface area contributed by atoms with E-state index in [4.69, 9.17) is 13.7 Å². The summed E-state index contributed by atoms with van der Waals surface area (Å²) in [6, 6.07) is 12.7. The Kier molecular flexibility index (Phi) is 4.43. The van der Waals surface area contributed by atoms with Crippen LogP contribution in [0, 0.1) is 6.92 Å². The first-order valence-electron chi connectivity index (χ1n) is 8.36. The van der Waals surface area contributed by atoms with E-state index in [-0.39, 0.29) is 5.91 Å². The van der Waals surface area contributed by atoms with Crippen molar-refractivity contribution < 1.29 is 18.5 Å². The van der Waals surface area contributed by atoms with Gasteiger partial charge in [-0.1, -0.05) is 17.3 Å². The van der Waals surface area contributed by atoms with Crippen LogP contribution in [-0.4, -0.2) is 23.2 Å². The normalized spacial score (nSPS) is 11.0. The first kappa shape index (κ1) is 17.0. The van der Waals surface area contributed by atoms with Gasteiger partial charge in [0.1, 0.15) is 5.69 Å². The quantitative estimate of drug-likeness (QED) is 0.572. The third kappa shape index (κ3) is 3.32. The number of nitrogens with one attached hydrogen (secondary N) is 1. The number of furan rings is 1. The maximum Gasteiger partial charge on any atom is 0.259 e. The Labute approximate surface area is 154 Å². The van der Waals surface area contributed by atoms with Crippen LogP contribution in [-0.2, 0) is 11.3 Å². The molecule has 0 aliphatic heterocycles. The van der Waals surface area contributed by atoms with Crippen molar-refractivity contribution in [1.29, 1.82) is 0 Å². The van der Waals surface area contributed by atoms with Crippen LogP contribution in [0.2, 0.25) is 0 Å².